The van der Waals surface area contributed by atoms with Crippen molar-refractivity contribution in [3.8, 4) is 45.4 Å². The third kappa shape index (κ3) is 5.08. The molecular formula is C58H34N4O2. The van der Waals surface area contributed by atoms with Crippen LogP contribution in [0.3, 0.4) is 0 Å². The second-order valence-electron chi connectivity index (χ2n) is 16.5. The molecule has 0 unspecified atom stereocenters. The van der Waals surface area contributed by atoms with E-state index in [4.69, 9.17) is 18.8 Å². The Morgan fingerprint density at radius 2 is 0.719 bits per heavy atom. The Kier molecular flexibility index (Phi) is 7.30. The highest BCUT2D eigenvalue weighted by Crippen LogP contribution is 2.41. The summed E-state index contributed by atoms with van der Waals surface area (Å²) in [6.45, 7) is 0. The largest absolute Gasteiger partial charge is 0.435 e. The van der Waals surface area contributed by atoms with E-state index in [1.54, 1.807) is 0 Å². The number of benzene rings is 10. The maximum Gasteiger partial charge on any atom is 0.227 e. The van der Waals surface area contributed by atoms with Gasteiger partial charge in [-0.3, -0.25) is 0 Å². The first-order chi connectivity index (χ1) is 31.7. The molecule has 0 atom stereocenters. The van der Waals surface area contributed by atoms with E-state index in [1.807, 2.05) is 24.3 Å². The van der Waals surface area contributed by atoms with Gasteiger partial charge in [0.25, 0.3) is 0 Å². The van der Waals surface area contributed by atoms with Gasteiger partial charge in [0.2, 0.25) is 11.8 Å². The molecule has 4 aromatic heterocycles. The first kappa shape index (κ1) is 34.9. The van der Waals surface area contributed by atoms with Crippen molar-refractivity contribution in [3.05, 3.63) is 206 Å². The first-order valence-electron chi connectivity index (χ1n) is 21.6. The van der Waals surface area contributed by atoms with Crippen LogP contribution in [-0.2, 0) is 0 Å². The number of rotatable bonds is 5. The molecule has 0 aliphatic rings. The van der Waals surface area contributed by atoms with E-state index < -0.39 is 0 Å². The van der Waals surface area contributed by atoms with Crippen LogP contribution < -0.4 is 0 Å². The van der Waals surface area contributed by atoms with Gasteiger partial charge in [-0.25, -0.2) is 9.97 Å². The predicted molar refractivity (Wildman–Crippen MR) is 262 cm³/mol. The van der Waals surface area contributed by atoms with Gasteiger partial charge in [0.15, 0.2) is 11.2 Å². The summed E-state index contributed by atoms with van der Waals surface area (Å²) < 4.78 is 18.0. The second-order valence-corrected chi connectivity index (χ2v) is 16.5. The SMILES string of the molecule is c1ccc2c(c1)ccc1c2c2ccccc2n1-c1ccc(-c2nc3cccc(-c4cccc5nc(-c6ccc(-n7c8ccccc8c8c9ccccc9ccc87)cc6)oc45)c3o2)cc1. The van der Waals surface area contributed by atoms with Gasteiger partial charge in [0, 0.05) is 55.2 Å². The molecule has 4 heterocycles. The molecule has 0 amide bonds. The number of fused-ring (bicyclic) bond motifs is 12. The zero-order valence-corrected chi connectivity index (χ0v) is 34.2. The van der Waals surface area contributed by atoms with Crippen molar-refractivity contribution >= 4 is 87.4 Å². The zero-order valence-electron chi connectivity index (χ0n) is 34.2. The smallest absolute Gasteiger partial charge is 0.227 e. The maximum atomic E-state index is 6.65. The molecular weight excluding hydrogens is 785 g/mol. The van der Waals surface area contributed by atoms with E-state index in [0.29, 0.717) is 22.9 Å². The fraction of sp³-hybridized carbons (Fsp3) is 0. The number of aromatic nitrogens is 4. The van der Waals surface area contributed by atoms with Gasteiger partial charge in [0.05, 0.1) is 22.1 Å². The summed E-state index contributed by atoms with van der Waals surface area (Å²) in [5.41, 5.74) is 13.4. The average molecular weight is 819 g/mol. The standard InChI is InChI=1S/C58H34N4O2/c1-3-13-41-35(11-1)27-33-51-53(41)45-15-5-7-21-49(45)61(51)39-29-23-37(24-30-39)57-59-47-19-9-17-43(55(47)63-57)44-18-10-20-48-56(44)64-58(60-48)38-25-31-40(32-26-38)62-50-22-8-6-16-46(50)54-42-14-4-2-12-36(42)28-34-52(54)62/h1-34H. The van der Waals surface area contributed by atoms with Gasteiger partial charge in [0.1, 0.15) is 11.0 Å². The van der Waals surface area contributed by atoms with Gasteiger partial charge in [-0.2, -0.15) is 0 Å². The summed E-state index contributed by atoms with van der Waals surface area (Å²) in [6.07, 6.45) is 0. The number of oxazole rings is 2. The highest BCUT2D eigenvalue weighted by Gasteiger charge is 2.20. The molecule has 0 fully saturated rings. The summed E-state index contributed by atoms with van der Waals surface area (Å²) in [5.74, 6) is 1.12. The van der Waals surface area contributed by atoms with Crippen LogP contribution in [0.2, 0.25) is 0 Å². The van der Waals surface area contributed by atoms with Crippen molar-refractivity contribution in [2.75, 3.05) is 0 Å². The number of hydrogen-bond acceptors (Lipinski definition) is 4. The van der Waals surface area contributed by atoms with Crippen molar-refractivity contribution in [1.82, 2.24) is 19.1 Å². The fourth-order valence-electron chi connectivity index (χ4n) is 10.1. The van der Waals surface area contributed by atoms with E-state index >= 15 is 0 Å². The van der Waals surface area contributed by atoms with E-state index in [1.165, 1.54) is 65.2 Å². The van der Waals surface area contributed by atoms with Crippen LogP contribution in [0.1, 0.15) is 0 Å². The highest BCUT2D eigenvalue weighted by molar-refractivity contribution is 6.22. The van der Waals surface area contributed by atoms with E-state index in [2.05, 4.69) is 191 Å². The minimum Gasteiger partial charge on any atom is -0.435 e. The van der Waals surface area contributed by atoms with Crippen molar-refractivity contribution in [2.24, 2.45) is 0 Å². The molecule has 10 aromatic carbocycles. The first-order valence-corrected chi connectivity index (χ1v) is 21.6. The minimum absolute atomic E-state index is 0.559. The maximum absolute atomic E-state index is 6.65. The summed E-state index contributed by atoms with van der Waals surface area (Å²) in [4.78, 5) is 9.98. The van der Waals surface area contributed by atoms with Crippen LogP contribution in [-0.4, -0.2) is 19.1 Å². The molecule has 6 nitrogen and oxygen atoms in total. The molecule has 0 saturated carbocycles. The topological polar surface area (TPSA) is 61.9 Å². The van der Waals surface area contributed by atoms with Crippen LogP contribution in [0.4, 0.5) is 0 Å². The molecule has 0 radical (unpaired) electrons. The summed E-state index contributed by atoms with van der Waals surface area (Å²) in [7, 11) is 0. The second kappa shape index (κ2) is 13.4. The number of nitrogens with zero attached hydrogens (tertiary/aromatic N) is 4. The minimum atomic E-state index is 0.559. The number of para-hydroxylation sites is 4. The molecule has 0 bridgehead atoms. The Balaban J connectivity index is 0.817. The fourth-order valence-corrected chi connectivity index (χ4v) is 10.1. The van der Waals surface area contributed by atoms with Crippen LogP contribution in [0.25, 0.3) is 133 Å². The molecule has 14 rings (SSSR count). The lowest BCUT2D eigenvalue weighted by Gasteiger charge is -2.09. The average Bonchev–Trinajstić information content (AvgIpc) is 4.15. The normalized spacial score (nSPS) is 12.1. The van der Waals surface area contributed by atoms with Crippen molar-refractivity contribution in [3.63, 3.8) is 0 Å². The lowest BCUT2D eigenvalue weighted by atomic mass is 10.0. The monoisotopic (exact) mass is 818 g/mol. The molecule has 64 heavy (non-hydrogen) atoms. The van der Waals surface area contributed by atoms with Crippen LogP contribution >= 0.6 is 0 Å². The predicted octanol–water partition coefficient (Wildman–Crippen LogP) is 15.5. The van der Waals surface area contributed by atoms with Crippen LogP contribution in [0, 0.1) is 0 Å². The van der Waals surface area contributed by atoms with Crippen molar-refractivity contribution in [1.29, 1.82) is 0 Å². The molecule has 0 aliphatic carbocycles. The van der Waals surface area contributed by atoms with Gasteiger partial charge >= 0.3 is 0 Å². The van der Waals surface area contributed by atoms with Gasteiger partial charge in [-0.05, 0) is 106 Å². The zero-order chi connectivity index (χ0) is 41.9. The Hall–Kier alpha value is -8.74. The third-order valence-corrected chi connectivity index (χ3v) is 13.0. The summed E-state index contributed by atoms with van der Waals surface area (Å²) >= 11 is 0. The Morgan fingerprint density at radius 3 is 1.17 bits per heavy atom. The Morgan fingerprint density at radius 1 is 0.312 bits per heavy atom. The quantitative estimate of drug-likeness (QED) is 0.174. The van der Waals surface area contributed by atoms with Crippen molar-refractivity contribution < 1.29 is 8.83 Å². The molecule has 0 aliphatic heterocycles. The molecule has 0 spiro atoms. The molecule has 298 valence electrons. The van der Waals surface area contributed by atoms with E-state index in [0.717, 1.165) is 44.7 Å². The lowest BCUT2D eigenvalue weighted by molar-refractivity contribution is 0.616. The summed E-state index contributed by atoms with van der Waals surface area (Å²) in [6, 6.07) is 72.6. The third-order valence-electron chi connectivity index (χ3n) is 13.0. The van der Waals surface area contributed by atoms with E-state index in [9.17, 15) is 0 Å². The lowest BCUT2D eigenvalue weighted by Crippen LogP contribution is -1.93. The molecule has 6 heteroatoms. The van der Waals surface area contributed by atoms with Gasteiger partial charge < -0.3 is 18.0 Å². The molecule has 0 N–H and O–H groups in total. The van der Waals surface area contributed by atoms with E-state index in [-0.39, 0.29) is 0 Å². The Bertz CT molecular complexity index is 3910. The Labute approximate surface area is 365 Å². The van der Waals surface area contributed by atoms with Gasteiger partial charge in [-0.1, -0.05) is 121 Å². The molecule has 0 saturated heterocycles. The van der Waals surface area contributed by atoms with Gasteiger partial charge in [-0.15, -0.1) is 0 Å². The number of hydrogen-bond donors (Lipinski definition) is 0. The highest BCUT2D eigenvalue weighted by atomic mass is 16.4. The summed E-state index contributed by atoms with van der Waals surface area (Å²) in [5, 5.41) is 9.98. The molecule has 14 aromatic rings. The van der Waals surface area contributed by atoms with Crippen LogP contribution in [0.15, 0.2) is 215 Å². The van der Waals surface area contributed by atoms with Crippen LogP contribution in [0.5, 0.6) is 0 Å². The van der Waals surface area contributed by atoms with Crippen molar-refractivity contribution in [2.45, 2.75) is 0 Å².